The minimum absolute atomic E-state index is 0.206. The van der Waals surface area contributed by atoms with Gasteiger partial charge < -0.3 is 5.11 Å². The molecule has 0 aliphatic heterocycles. The van der Waals surface area contributed by atoms with Crippen molar-refractivity contribution in [2.24, 2.45) is 0 Å². The van der Waals surface area contributed by atoms with Gasteiger partial charge in [0.25, 0.3) is 0 Å². The van der Waals surface area contributed by atoms with E-state index in [1.807, 2.05) is 25.1 Å². The number of phenolic OH excluding ortho intramolecular Hbond substituents is 1. The molecule has 2 nitrogen and oxygen atoms in total. The predicted molar refractivity (Wildman–Crippen MR) is 42.2 cm³/mol. The number of nitriles is 1. The fourth-order valence-electron chi connectivity index (χ4n) is 0.941. The molecule has 1 aromatic rings. The smallest absolute Gasteiger partial charge is 0.119 e. The Hall–Kier alpha value is -1.49. The predicted octanol–water partition coefficient (Wildman–Crippen LogP) is 1.77. The van der Waals surface area contributed by atoms with Crippen LogP contribution >= 0.6 is 0 Å². The summed E-state index contributed by atoms with van der Waals surface area (Å²) in [5.74, 6) is 0.206. The topological polar surface area (TPSA) is 44.0 Å². The number of aryl methyl sites for hydroxylation is 1. The average Bonchev–Trinajstić information content (AvgIpc) is 1.98. The third-order valence-electron chi connectivity index (χ3n) is 1.50. The molecule has 1 N–H and O–H groups in total. The van der Waals surface area contributed by atoms with Crippen molar-refractivity contribution in [3.63, 3.8) is 0 Å². The molecule has 0 unspecified atom stereocenters. The van der Waals surface area contributed by atoms with Gasteiger partial charge in [-0.25, -0.2) is 0 Å². The Kier molecular flexibility index (Phi) is 2.12. The molecule has 0 saturated heterocycles. The van der Waals surface area contributed by atoms with E-state index in [1.54, 1.807) is 6.07 Å². The van der Waals surface area contributed by atoms with Crippen molar-refractivity contribution in [1.82, 2.24) is 0 Å². The summed E-state index contributed by atoms with van der Waals surface area (Å²) in [7, 11) is 0. The summed E-state index contributed by atoms with van der Waals surface area (Å²) in [5.41, 5.74) is 1.76. The van der Waals surface area contributed by atoms with Crippen LogP contribution in [0.15, 0.2) is 18.2 Å². The highest BCUT2D eigenvalue weighted by Gasteiger charge is 1.98. The molecule has 2 heteroatoms. The molecule has 0 bridgehead atoms. The second-order valence-corrected chi connectivity index (χ2v) is 2.47. The summed E-state index contributed by atoms with van der Waals surface area (Å²) >= 11 is 0. The maximum atomic E-state index is 9.21. The molecule has 0 saturated carbocycles. The first-order valence-electron chi connectivity index (χ1n) is 3.39. The zero-order chi connectivity index (χ0) is 8.27. The number of hydrogen-bond donors (Lipinski definition) is 1. The van der Waals surface area contributed by atoms with Crippen molar-refractivity contribution < 1.29 is 5.11 Å². The fourth-order valence-corrected chi connectivity index (χ4v) is 0.941. The van der Waals surface area contributed by atoms with E-state index >= 15 is 0 Å². The fraction of sp³-hybridized carbons (Fsp3) is 0.222. The van der Waals surface area contributed by atoms with E-state index < -0.39 is 0 Å². The lowest BCUT2D eigenvalue weighted by atomic mass is 10.1. The van der Waals surface area contributed by atoms with Gasteiger partial charge in [-0.05, 0) is 13.0 Å². The first-order valence-corrected chi connectivity index (χ1v) is 3.39. The molecular formula is C9H9NO. The Morgan fingerprint density at radius 2 is 2.27 bits per heavy atom. The van der Waals surface area contributed by atoms with Crippen LogP contribution in [0.25, 0.3) is 0 Å². The molecule has 0 aromatic heterocycles. The number of nitrogens with zero attached hydrogens (tertiary/aromatic N) is 1. The van der Waals surface area contributed by atoms with Crippen LogP contribution in [0.4, 0.5) is 0 Å². The van der Waals surface area contributed by atoms with Crippen molar-refractivity contribution in [2.75, 3.05) is 0 Å². The zero-order valence-electron chi connectivity index (χ0n) is 6.33. The average molecular weight is 147 g/mol. The maximum Gasteiger partial charge on any atom is 0.119 e. The Morgan fingerprint density at radius 3 is 2.91 bits per heavy atom. The van der Waals surface area contributed by atoms with Crippen molar-refractivity contribution in [3.05, 3.63) is 29.3 Å². The second kappa shape index (κ2) is 3.07. The summed E-state index contributed by atoms with van der Waals surface area (Å²) < 4.78 is 0. The van der Waals surface area contributed by atoms with Gasteiger partial charge in [0, 0.05) is 5.56 Å². The highest BCUT2D eigenvalue weighted by Crippen LogP contribution is 2.17. The normalized spacial score (nSPS) is 9.09. The minimum atomic E-state index is 0.206. The van der Waals surface area contributed by atoms with E-state index in [2.05, 4.69) is 0 Å². The third-order valence-corrected chi connectivity index (χ3v) is 1.50. The lowest BCUT2D eigenvalue weighted by Gasteiger charge is -1.99. The number of hydrogen-bond acceptors (Lipinski definition) is 2. The van der Waals surface area contributed by atoms with Gasteiger partial charge >= 0.3 is 0 Å². The van der Waals surface area contributed by atoms with Crippen LogP contribution in [0, 0.1) is 18.3 Å². The number of rotatable bonds is 1. The number of benzene rings is 1. The summed E-state index contributed by atoms with van der Waals surface area (Å²) in [6, 6.07) is 7.24. The van der Waals surface area contributed by atoms with E-state index in [-0.39, 0.29) is 12.2 Å². The first-order chi connectivity index (χ1) is 5.24. The molecule has 56 valence electrons. The molecule has 0 aliphatic carbocycles. The molecule has 0 fully saturated rings. The molecule has 1 aromatic carbocycles. The van der Waals surface area contributed by atoms with Crippen molar-refractivity contribution in [3.8, 4) is 11.8 Å². The van der Waals surface area contributed by atoms with Crippen LogP contribution in [-0.4, -0.2) is 5.11 Å². The monoisotopic (exact) mass is 147 g/mol. The maximum absolute atomic E-state index is 9.21. The third kappa shape index (κ3) is 1.71. The van der Waals surface area contributed by atoms with Gasteiger partial charge in [-0.3, -0.25) is 0 Å². The van der Waals surface area contributed by atoms with Gasteiger partial charge in [0.05, 0.1) is 12.5 Å². The standard InChI is InChI=1S/C9H9NO/c1-7-2-3-9(11)8(6-7)4-5-10/h2-3,6,11H,4H2,1H3. The van der Waals surface area contributed by atoms with E-state index in [1.165, 1.54) is 0 Å². The lowest BCUT2D eigenvalue weighted by molar-refractivity contribution is 0.469. The molecule has 11 heavy (non-hydrogen) atoms. The minimum Gasteiger partial charge on any atom is -0.508 e. The van der Waals surface area contributed by atoms with E-state index in [0.29, 0.717) is 5.56 Å². The summed E-state index contributed by atoms with van der Waals surface area (Å²) in [6.45, 7) is 1.93. The lowest BCUT2D eigenvalue weighted by Crippen LogP contribution is -1.83. The number of aromatic hydroxyl groups is 1. The molecule has 0 heterocycles. The Balaban J connectivity index is 3.05. The molecule has 0 radical (unpaired) electrons. The van der Waals surface area contributed by atoms with Gasteiger partial charge in [0.15, 0.2) is 0 Å². The van der Waals surface area contributed by atoms with Gasteiger partial charge in [-0.2, -0.15) is 5.26 Å². The van der Waals surface area contributed by atoms with Crippen molar-refractivity contribution in [2.45, 2.75) is 13.3 Å². The van der Waals surface area contributed by atoms with Crippen LogP contribution in [0.5, 0.6) is 5.75 Å². The number of phenols is 1. The largest absolute Gasteiger partial charge is 0.508 e. The second-order valence-electron chi connectivity index (χ2n) is 2.47. The van der Waals surface area contributed by atoms with Crippen LogP contribution in [0.2, 0.25) is 0 Å². The Labute approximate surface area is 65.7 Å². The van der Waals surface area contributed by atoms with E-state index in [0.717, 1.165) is 5.56 Å². The summed E-state index contributed by atoms with van der Waals surface area (Å²) in [5, 5.41) is 17.6. The summed E-state index contributed by atoms with van der Waals surface area (Å²) in [4.78, 5) is 0. The van der Waals surface area contributed by atoms with Gasteiger partial charge in [-0.1, -0.05) is 17.7 Å². The highest BCUT2D eigenvalue weighted by molar-refractivity contribution is 5.37. The van der Waals surface area contributed by atoms with Crippen LogP contribution < -0.4 is 0 Å². The summed E-state index contributed by atoms with van der Waals surface area (Å²) in [6.07, 6.45) is 0.271. The molecular weight excluding hydrogens is 138 g/mol. The molecule has 0 amide bonds. The quantitative estimate of drug-likeness (QED) is 0.657. The van der Waals surface area contributed by atoms with Gasteiger partial charge in [0.2, 0.25) is 0 Å². The van der Waals surface area contributed by atoms with E-state index in [9.17, 15) is 5.11 Å². The van der Waals surface area contributed by atoms with Crippen LogP contribution in [0.1, 0.15) is 11.1 Å². The first kappa shape index (κ1) is 7.62. The Morgan fingerprint density at radius 1 is 1.55 bits per heavy atom. The highest BCUT2D eigenvalue weighted by atomic mass is 16.3. The van der Waals surface area contributed by atoms with Crippen molar-refractivity contribution in [1.29, 1.82) is 5.26 Å². The van der Waals surface area contributed by atoms with Gasteiger partial charge in [0.1, 0.15) is 5.75 Å². The van der Waals surface area contributed by atoms with E-state index in [4.69, 9.17) is 5.26 Å². The zero-order valence-corrected chi connectivity index (χ0v) is 6.33. The van der Waals surface area contributed by atoms with Crippen LogP contribution in [-0.2, 0) is 6.42 Å². The SMILES string of the molecule is Cc1ccc(O)c(CC#N)c1. The van der Waals surface area contributed by atoms with Gasteiger partial charge in [-0.15, -0.1) is 0 Å². The molecule has 0 spiro atoms. The Bertz CT molecular complexity index is 299. The molecule has 0 atom stereocenters. The van der Waals surface area contributed by atoms with Crippen LogP contribution in [0.3, 0.4) is 0 Å². The molecule has 1 rings (SSSR count). The van der Waals surface area contributed by atoms with Crippen molar-refractivity contribution >= 4 is 0 Å². The molecule has 0 aliphatic rings.